The summed E-state index contributed by atoms with van der Waals surface area (Å²) >= 11 is 11.8. The highest BCUT2D eigenvalue weighted by Crippen LogP contribution is 2.25. The third-order valence-corrected chi connectivity index (χ3v) is 3.14. The normalized spacial score (nSPS) is 19.1. The quantitative estimate of drug-likeness (QED) is 0.776. The largest absolute Gasteiger partial charge is 0.334 e. The summed E-state index contributed by atoms with van der Waals surface area (Å²) in [5, 5.41) is 9.72. The van der Waals surface area contributed by atoms with Gasteiger partial charge in [0.25, 0.3) is 0 Å². The highest BCUT2D eigenvalue weighted by Gasteiger charge is 2.16. The van der Waals surface area contributed by atoms with Crippen molar-refractivity contribution in [3.63, 3.8) is 0 Å². The lowest BCUT2D eigenvalue weighted by atomic mass is 10.3. The van der Waals surface area contributed by atoms with Crippen LogP contribution in [0.3, 0.4) is 0 Å². The smallest absolute Gasteiger partial charge is 0.319 e. The number of carbonyl (C=O) groups excluding carboxylic acids is 1. The van der Waals surface area contributed by atoms with Crippen molar-refractivity contribution in [2.45, 2.75) is 12.5 Å². The molecule has 1 aliphatic rings. The van der Waals surface area contributed by atoms with Gasteiger partial charge in [0.05, 0.1) is 10.7 Å². The summed E-state index contributed by atoms with van der Waals surface area (Å²) < 4.78 is 0. The first-order valence-electron chi connectivity index (χ1n) is 5.38. The molecule has 2 rings (SSSR count). The summed E-state index contributed by atoms with van der Waals surface area (Å²) in [6.07, 6.45) is 0.941. The number of amides is 2. The average molecular weight is 274 g/mol. The molecule has 1 fully saturated rings. The molecular weight excluding hydrogens is 261 g/mol. The van der Waals surface area contributed by atoms with Crippen LogP contribution in [0.15, 0.2) is 18.2 Å². The highest BCUT2D eigenvalue weighted by atomic mass is 35.5. The summed E-state index contributed by atoms with van der Waals surface area (Å²) in [6, 6.07) is 4.86. The van der Waals surface area contributed by atoms with E-state index in [9.17, 15) is 4.79 Å². The Labute approximate surface area is 110 Å². The molecule has 1 atom stereocenters. The summed E-state index contributed by atoms with van der Waals surface area (Å²) in [5.74, 6) is 0. The molecule has 1 aromatic carbocycles. The predicted molar refractivity (Wildman–Crippen MR) is 69.9 cm³/mol. The Kier molecular flexibility index (Phi) is 4.10. The predicted octanol–water partition coefficient (Wildman–Crippen LogP) is 2.48. The van der Waals surface area contributed by atoms with Crippen LogP contribution in [0.5, 0.6) is 0 Å². The second-order valence-electron chi connectivity index (χ2n) is 3.91. The fourth-order valence-corrected chi connectivity index (χ4v) is 2.05. The summed E-state index contributed by atoms with van der Waals surface area (Å²) in [7, 11) is 0. The summed E-state index contributed by atoms with van der Waals surface area (Å²) in [4.78, 5) is 11.7. The maximum atomic E-state index is 11.7. The molecule has 1 saturated heterocycles. The average Bonchev–Trinajstić information content (AvgIpc) is 2.76. The second kappa shape index (κ2) is 5.58. The minimum atomic E-state index is -0.261. The number of rotatable bonds is 2. The lowest BCUT2D eigenvalue weighted by Gasteiger charge is -2.13. The van der Waals surface area contributed by atoms with Crippen LogP contribution < -0.4 is 16.0 Å². The van der Waals surface area contributed by atoms with E-state index in [0.717, 1.165) is 19.5 Å². The van der Waals surface area contributed by atoms with Gasteiger partial charge >= 0.3 is 6.03 Å². The molecule has 1 heterocycles. The Bertz CT molecular complexity index is 419. The number of urea groups is 1. The van der Waals surface area contributed by atoms with Gasteiger partial charge in [0, 0.05) is 17.6 Å². The molecule has 1 aliphatic heterocycles. The Hall–Kier alpha value is -0.970. The van der Waals surface area contributed by atoms with E-state index in [1.54, 1.807) is 18.2 Å². The van der Waals surface area contributed by atoms with Gasteiger partial charge in [-0.3, -0.25) is 0 Å². The molecule has 3 N–H and O–H groups in total. The molecule has 17 heavy (non-hydrogen) atoms. The summed E-state index contributed by atoms with van der Waals surface area (Å²) in [5.41, 5.74) is 0.516. The van der Waals surface area contributed by atoms with Crippen LogP contribution in [-0.2, 0) is 0 Å². The molecule has 0 bridgehead atoms. The van der Waals surface area contributed by atoms with Gasteiger partial charge in [-0.1, -0.05) is 23.2 Å². The number of hydrogen-bond donors (Lipinski definition) is 3. The van der Waals surface area contributed by atoms with E-state index in [-0.39, 0.29) is 12.1 Å². The van der Waals surface area contributed by atoms with E-state index in [4.69, 9.17) is 23.2 Å². The number of nitrogens with one attached hydrogen (secondary N) is 3. The van der Waals surface area contributed by atoms with Gasteiger partial charge in [-0.05, 0) is 31.2 Å². The fourth-order valence-electron chi connectivity index (χ4n) is 1.71. The van der Waals surface area contributed by atoms with Gasteiger partial charge in [-0.25, -0.2) is 4.79 Å². The SMILES string of the molecule is O=C(Nc1cc(Cl)ccc1Cl)N[C@@H]1CCNC1. The maximum Gasteiger partial charge on any atom is 0.319 e. The van der Waals surface area contributed by atoms with Crippen LogP contribution in [0.1, 0.15) is 6.42 Å². The lowest BCUT2D eigenvalue weighted by Crippen LogP contribution is -2.39. The molecule has 6 heteroatoms. The van der Waals surface area contributed by atoms with Gasteiger partial charge in [0.15, 0.2) is 0 Å². The molecule has 4 nitrogen and oxygen atoms in total. The number of anilines is 1. The molecular formula is C11H13Cl2N3O. The van der Waals surface area contributed by atoms with Crippen molar-refractivity contribution in [3.05, 3.63) is 28.2 Å². The van der Waals surface area contributed by atoms with Crippen LogP contribution in [0.2, 0.25) is 10.0 Å². The first-order chi connectivity index (χ1) is 8.15. The van der Waals surface area contributed by atoms with Crippen molar-refractivity contribution in [3.8, 4) is 0 Å². The lowest BCUT2D eigenvalue weighted by molar-refractivity contribution is 0.249. The first-order valence-corrected chi connectivity index (χ1v) is 6.14. The third-order valence-electron chi connectivity index (χ3n) is 2.57. The van der Waals surface area contributed by atoms with Crippen LogP contribution in [0.25, 0.3) is 0 Å². The zero-order chi connectivity index (χ0) is 12.3. The van der Waals surface area contributed by atoms with Gasteiger partial charge in [-0.2, -0.15) is 0 Å². The van der Waals surface area contributed by atoms with Crippen molar-refractivity contribution < 1.29 is 4.79 Å². The molecule has 1 aromatic rings. The molecule has 0 unspecified atom stereocenters. The monoisotopic (exact) mass is 273 g/mol. The fraction of sp³-hybridized carbons (Fsp3) is 0.364. The minimum absolute atomic E-state index is 0.174. The van der Waals surface area contributed by atoms with Crippen LogP contribution in [0, 0.1) is 0 Å². The van der Waals surface area contributed by atoms with Crippen molar-refractivity contribution >= 4 is 34.9 Å². The Morgan fingerprint density at radius 3 is 2.94 bits per heavy atom. The highest BCUT2D eigenvalue weighted by molar-refractivity contribution is 6.35. The zero-order valence-corrected chi connectivity index (χ0v) is 10.6. The van der Waals surface area contributed by atoms with E-state index in [2.05, 4.69) is 16.0 Å². The van der Waals surface area contributed by atoms with E-state index in [0.29, 0.717) is 15.7 Å². The first kappa shape index (κ1) is 12.5. The zero-order valence-electron chi connectivity index (χ0n) is 9.09. The molecule has 0 radical (unpaired) electrons. The number of hydrogen-bond acceptors (Lipinski definition) is 2. The van der Waals surface area contributed by atoms with E-state index in [1.165, 1.54) is 0 Å². The van der Waals surface area contributed by atoms with E-state index in [1.807, 2.05) is 0 Å². The van der Waals surface area contributed by atoms with E-state index < -0.39 is 0 Å². The van der Waals surface area contributed by atoms with Gasteiger partial charge < -0.3 is 16.0 Å². The van der Waals surface area contributed by atoms with Crippen molar-refractivity contribution in [2.24, 2.45) is 0 Å². The number of halogens is 2. The Morgan fingerprint density at radius 2 is 2.24 bits per heavy atom. The standard InChI is InChI=1S/C11H13Cl2N3O/c12-7-1-2-9(13)10(5-7)16-11(17)15-8-3-4-14-6-8/h1-2,5,8,14H,3-4,6H2,(H2,15,16,17)/t8-/m1/s1. The molecule has 0 aliphatic carbocycles. The van der Waals surface area contributed by atoms with Gasteiger partial charge in [0.2, 0.25) is 0 Å². The van der Waals surface area contributed by atoms with Gasteiger partial charge in [-0.15, -0.1) is 0 Å². The third kappa shape index (κ3) is 3.49. The molecule has 2 amide bonds. The topological polar surface area (TPSA) is 53.2 Å². The Morgan fingerprint density at radius 1 is 1.41 bits per heavy atom. The second-order valence-corrected chi connectivity index (χ2v) is 4.76. The van der Waals surface area contributed by atoms with E-state index >= 15 is 0 Å². The van der Waals surface area contributed by atoms with Crippen LogP contribution in [-0.4, -0.2) is 25.2 Å². The number of carbonyl (C=O) groups is 1. The van der Waals surface area contributed by atoms with Gasteiger partial charge in [0.1, 0.15) is 0 Å². The molecule has 0 spiro atoms. The van der Waals surface area contributed by atoms with Crippen molar-refractivity contribution in [1.29, 1.82) is 0 Å². The van der Waals surface area contributed by atoms with Crippen LogP contribution in [0.4, 0.5) is 10.5 Å². The summed E-state index contributed by atoms with van der Waals surface area (Å²) in [6.45, 7) is 1.74. The molecule has 92 valence electrons. The minimum Gasteiger partial charge on any atom is -0.334 e. The Balaban J connectivity index is 1.95. The van der Waals surface area contributed by atoms with Crippen LogP contribution >= 0.6 is 23.2 Å². The molecule has 0 saturated carbocycles. The number of benzene rings is 1. The molecule has 0 aromatic heterocycles. The van der Waals surface area contributed by atoms with Crippen molar-refractivity contribution in [1.82, 2.24) is 10.6 Å². The van der Waals surface area contributed by atoms with Crippen molar-refractivity contribution in [2.75, 3.05) is 18.4 Å². The maximum absolute atomic E-state index is 11.7.